The normalized spacial score (nSPS) is 22.4. The fraction of sp³-hybridized carbons (Fsp3) is 0.571. The molecule has 2 aliphatic heterocycles. The molecular formula is C21H30N2O5. The van der Waals surface area contributed by atoms with Crippen LogP contribution in [0.5, 0.6) is 0 Å². The van der Waals surface area contributed by atoms with E-state index in [1.165, 1.54) is 44.2 Å². The minimum atomic E-state index is -2.07. The van der Waals surface area contributed by atoms with E-state index in [1.54, 1.807) is 4.90 Å². The van der Waals surface area contributed by atoms with Gasteiger partial charge >= 0.3 is 5.97 Å². The molecule has 0 spiro atoms. The Labute approximate surface area is 165 Å². The first-order valence-corrected chi connectivity index (χ1v) is 10.1. The number of rotatable bonds is 3. The number of carboxylic acids is 2. The van der Waals surface area contributed by atoms with Crippen LogP contribution in [-0.4, -0.2) is 54.0 Å². The molecule has 28 heavy (non-hydrogen) atoms. The number of hydrogen-bond donors (Lipinski definition) is 2. The topological polar surface area (TPSA) is 102 Å². The van der Waals surface area contributed by atoms with Crippen molar-refractivity contribution in [2.45, 2.75) is 45.1 Å². The van der Waals surface area contributed by atoms with Crippen molar-refractivity contribution in [1.29, 1.82) is 0 Å². The summed E-state index contributed by atoms with van der Waals surface area (Å²) in [7, 11) is 0. The SMILES string of the molecule is O=C(C1CCC[NH+](Cc2ccccc2)C1)N1CCCCCC1.O=C([O-])C(=O)O. The molecule has 3 rings (SSSR count). The highest BCUT2D eigenvalue weighted by atomic mass is 16.4. The summed E-state index contributed by atoms with van der Waals surface area (Å²) in [4.78, 5) is 34.6. The van der Waals surface area contributed by atoms with Crippen LogP contribution >= 0.6 is 0 Å². The third kappa shape index (κ3) is 7.31. The van der Waals surface area contributed by atoms with Gasteiger partial charge in [-0.25, -0.2) is 4.79 Å². The number of nitrogens with one attached hydrogen (secondary N) is 1. The van der Waals surface area contributed by atoms with Gasteiger partial charge in [-0.2, -0.15) is 0 Å². The van der Waals surface area contributed by atoms with Crippen LogP contribution < -0.4 is 10.0 Å². The lowest BCUT2D eigenvalue weighted by Gasteiger charge is -2.32. The Bertz CT molecular complexity index is 629. The molecule has 1 aromatic rings. The first-order chi connectivity index (χ1) is 13.5. The van der Waals surface area contributed by atoms with Crippen LogP contribution in [0.25, 0.3) is 0 Å². The lowest BCUT2D eigenvalue weighted by molar-refractivity contribution is -0.921. The number of benzene rings is 1. The second-order valence-electron chi connectivity index (χ2n) is 7.54. The minimum absolute atomic E-state index is 0.255. The summed E-state index contributed by atoms with van der Waals surface area (Å²) in [5.74, 6) is -3.32. The number of hydrogen-bond acceptors (Lipinski definition) is 4. The molecule has 7 nitrogen and oxygen atoms in total. The highest BCUT2D eigenvalue weighted by molar-refractivity contribution is 6.26. The molecule has 0 saturated carbocycles. The molecule has 0 aromatic heterocycles. The van der Waals surface area contributed by atoms with E-state index in [-0.39, 0.29) is 5.92 Å². The van der Waals surface area contributed by atoms with Crippen LogP contribution in [0.4, 0.5) is 0 Å². The molecule has 0 bridgehead atoms. The Balaban J connectivity index is 0.000000409. The largest absolute Gasteiger partial charge is 0.539 e. The zero-order valence-corrected chi connectivity index (χ0v) is 16.3. The Morgan fingerprint density at radius 3 is 2.21 bits per heavy atom. The maximum Gasteiger partial charge on any atom is 0.351 e. The van der Waals surface area contributed by atoms with Gasteiger partial charge < -0.3 is 24.8 Å². The van der Waals surface area contributed by atoms with E-state index in [4.69, 9.17) is 19.8 Å². The predicted octanol–water partition coefficient (Wildman–Crippen LogP) is -0.295. The molecule has 7 heteroatoms. The van der Waals surface area contributed by atoms with Crippen LogP contribution in [0.15, 0.2) is 30.3 Å². The molecule has 1 aromatic carbocycles. The van der Waals surface area contributed by atoms with Gasteiger partial charge in [0, 0.05) is 18.7 Å². The van der Waals surface area contributed by atoms with Gasteiger partial charge in [0.2, 0.25) is 5.91 Å². The summed E-state index contributed by atoms with van der Waals surface area (Å²) in [6.07, 6.45) is 7.25. The van der Waals surface area contributed by atoms with Crippen molar-refractivity contribution < 1.29 is 29.5 Å². The van der Waals surface area contributed by atoms with Gasteiger partial charge in [-0.1, -0.05) is 43.2 Å². The summed E-state index contributed by atoms with van der Waals surface area (Å²) >= 11 is 0. The lowest BCUT2D eigenvalue weighted by Crippen LogP contribution is -3.12. The number of quaternary nitrogens is 1. The number of carboxylic acid groups (broad SMARTS) is 2. The average molecular weight is 390 g/mol. The summed E-state index contributed by atoms with van der Waals surface area (Å²) in [6.45, 7) is 5.26. The number of likely N-dealkylation sites (tertiary alicyclic amines) is 2. The highest BCUT2D eigenvalue weighted by Crippen LogP contribution is 2.16. The van der Waals surface area contributed by atoms with Gasteiger partial charge in [0.1, 0.15) is 6.54 Å². The van der Waals surface area contributed by atoms with Crippen molar-refractivity contribution in [3.63, 3.8) is 0 Å². The van der Waals surface area contributed by atoms with Crippen LogP contribution in [0.3, 0.4) is 0 Å². The van der Waals surface area contributed by atoms with Gasteiger partial charge in [-0.15, -0.1) is 0 Å². The van der Waals surface area contributed by atoms with E-state index in [9.17, 15) is 4.79 Å². The molecule has 2 aliphatic rings. The summed E-state index contributed by atoms with van der Waals surface area (Å²) in [5, 5.41) is 16.3. The van der Waals surface area contributed by atoms with Crippen molar-refractivity contribution in [2.75, 3.05) is 26.2 Å². The molecule has 2 heterocycles. The van der Waals surface area contributed by atoms with Crippen LogP contribution in [0, 0.1) is 5.92 Å². The highest BCUT2D eigenvalue weighted by Gasteiger charge is 2.31. The number of piperidine rings is 1. The molecular weight excluding hydrogens is 360 g/mol. The summed E-state index contributed by atoms with van der Waals surface area (Å²) in [6, 6.07) is 10.7. The maximum absolute atomic E-state index is 12.8. The lowest BCUT2D eigenvalue weighted by atomic mass is 9.96. The first kappa shape index (κ1) is 21.9. The van der Waals surface area contributed by atoms with E-state index < -0.39 is 11.9 Å². The van der Waals surface area contributed by atoms with Crippen molar-refractivity contribution in [3.05, 3.63) is 35.9 Å². The number of aliphatic carboxylic acids is 2. The third-order valence-electron chi connectivity index (χ3n) is 5.36. The quantitative estimate of drug-likeness (QED) is 0.691. The van der Waals surface area contributed by atoms with Crippen LogP contribution in [-0.2, 0) is 20.9 Å². The second-order valence-corrected chi connectivity index (χ2v) is 7.54. The molecule has 2 unspecified atom stereocenters. The Morgan fingerprint density at radius 1 is 1.04 bits per heavy atom. The Hall–Kier alpha value is -2.41. The molecule has 1 amide bonds. The summed E-state index contributed by atoms with van der Waals surface area (Å²) in [5.41, 5.74) is 1.39. The molecule has 154 valence electrons. The Morgan fingerprint density at radius 2 is 1.64 bits per heavy atom. The van der Waals surface area contributed by atoms with Gasteiger partial charge in [-0.05, 0) is 25.7 Å². The van der Waals surface area contributed by atoms with Crippen molar-refractivity contribution in [3.8, 4) is 0 Å². The fourth-order valence-electron chi connectivity index (χ4n) is 3.96. The molecule has 0 aliphatic carbocycles. The van der Waals surface area contributed by atoms with E-state index in [1.807, 2.05) is 0 Å². The number of nitrogens with zero attached hydrogens (tertiary/aromatic N) is 1. The van der Waals surface area contributed by atoms with Gasteiger partial charge in [-0.3, -0.25) is 4.79 Å². The van der Waals surface area contributed by atoms with Crippen molar-refractivity contribution >= 4 is 17.8 Å². The predicted molar refractivity (Wildman–Crippen MR) is 101 cm³/mol. The number of amides is 1. The van der Waals surface area contributed by atoms with Crippen LogP contribution in [0.1, 0.15) is 44.1 Å². The fourth-order valence-corrected chi connectivity index (χ4v) is 3.96. The zero-order valence-electron chi connectivity index (χ0n) is 16.3. The Kier molecular flexibility index (Phi) is 8.94. The van der Waals surface area contributed by atoms with E-state index in [2.05, 4.69) is 35.2 Å². The van der Waals surface area contributed by atoms with Gasteiger partial charge in [0.05, 0.1) is 19.0 Å². The van der Waals surface area contributed by atoms with Crippen molar-refractivity contribution in [2.24, 2.45) is 5.92 Å². The van der Waals surface area contributed by atoms with E-state index in [0.717, 1.165) is 32.6 Å². The maximum atomic E-state index is 12.8. The monoisotopic (exact) mass is 390 g/mol. The third-order valence-corrected chi connectivity index (χ3v) is 5.36. The van der Waals surface area contributed by atoms with Gasteiger partial charge in [0.25, 0.3) is 0 Å². The molecule has 0 radical (unpaired) electrons. The van der Waals surface area contributed by atoms with Crippen molar-refractivity contribution in [1.82, 2.24) is 4.90 Å². The molecule has 2 N–H and O–H groups in total. The molecule has 2 fully saturated rings. The average Bonchev–Trinajstić information content (AvgIpc) is 2.98. The summed E-state index contributed by atoms with van der Waals surface area (Å²) < 4.78 is 0. The number of carbonyl (C=O) groups is 3. The standard InChI is InChI=1S/C19H28N2O.C2H2O4/c22-19(21-13-6-1-2-7-14-21)18-11-8-12-20(16-18)15-17-9-4-3-5-10-17;3-1(4)2(5)6/h3-5,9-10,18H,1-2,6-8,11-16H2;(H,3,4)(H,5,6). The van der Waals surface area contributed by atoms with Crippen LogP contribution in [0.2, 0.25) is 0 Å². The molecule has 2 atom stereocenters. The van der Waals surface area contributed by atoms with Gasteiger partial charge in [0.15, 0.2) is 5.97 Å². The smallest absolute Gasteiger partial charge is 0.351 e. The minimum Gasteiger partial charge on any atom is -0.539 e. The zero-order chi connectivity index (χ0) is 20.4. The molecule has 2 saturated heterocycles. The first-order valence-electron chi connectivity index (χ1n) is 10.1. The second kappa shape index (κ2) is 11.4. The van der Waals surface area contributed by atoms with E-state index >= 15 is 0 Å². The van der Waals surface area contributed by atoms with E-state index in [0.29, 0.717) is 5.91 Å². The number of carbonyl (C=O) groups excluding carboxylic acids is 2.